The van der Waals surface area contributed by atoms with E-state index in [-0.39, 0.29) is 12.5 Å². The highest BCUT2D eigenvalue weighted by Crippen LogP contribution is 2.26. The Morgan fingerprint density at radius 3 is 2.38 bits per heavy atom. The fourth-order valence-corrected chi connectivity index (χ4v) is 2.95. The Balaban J connectivity index is 1.93. The summed E-state index contributed by atoms with van der Waals surface area (Å²) in [5, 5.41) is 8.46. The SMILES string of the molecule is Cc1cc(CN(C)C(=O)c2cc3ccccc3cc2NC(=O)OC(C)(C)C)no1. The highest BCUT2D eigenvalue weighted by molar-refractivity contribution is 6.06. The molecule has 0 aliphatic carbocycles. The van der Waals surface area contributed by atoms with Crippen LogP contribution < -0.4 is 5.32 Å². The van der Waals surface area contributed by atoms with Crippen LogP contribution in [0.3, 0.4) is 0 Å². The molecule has 0 radical (unpaired) electrons. The lowest BCUT2D eigenvalue weighted by atomic mass is 10.0. The zero-order chi connectivity index (χ0) is 21.2. The lowest BCUT2D eigenvalue weighted by Gasteiger charge is -2.22. The van der Waals surface area contributed by atoms with E-state index in [1.54, 1.807) is 52.9 Å². The summed E-state index contributed by atoms with van der Waals surface area (Å²) in [5.74, 6) is 0.432. The highest BCUT2D eigenvalue weighted by atomic mass is 16.6. The molecule has 2 amide bonds. The van der Waals surface area contributed by atoms with E-state index in [0.29, 0.717) is 22.7 Å². The molecule has 0 aliphatic rings. The number of anilines is 1. The number of hydrogen-bond donors (Lipinski definition) is 1. The first-order chi connectivity index (χ1) is 13.6. The van der Waals surface area contributed by atoms with Crippen LogP contribution in [-0.2, 0) is 11.3 Å². The van der Waals surface area contributed by atoms with Gasteiger partial charge in [0.15, 0.2) is 0 Å². The van der Waals surface area contributed by atoms with Crippen molar-refractivity contribution in [2.45, 2.75) is 39.8 Å². The molecule has 1 heterocycles. The highest BCUT2D eigenvalue weighted by Gasteiger charge is 2.22. The first-order valence-electron chi connectivity index (χ1n) is 9.33. The Hall–Kier alpha value is -3.35. The summed E-state index contributed by atoms with van der Waals surface area (Å²) < 4.78 is 10.4. The number of hydrogen-bond acceptors (Lipinski definition) is 5. The van der Waals surface area contributed by atoms with Crippen LogP contribution >= 0.6 is 0 Å². The zero-order valence-electron chi connectivity index (χ0n) is 17.3. The van der Waals surface area contributed by atoms with Crippen LogP contribution in [0.15, 0.2) is 47.0 Å². The summed E-state index contributed by atoms with van der Waals surface area (Å²) in [6.07, 6.45) is -0.614. The first kappa shape index (κ1) is 20.4. The number of carbonyl (C=O) groups is 2. The van der Waals surface area contributed by atoms with Gasteiger partial charge in [0.05, 0.1) is 17.8 Å². The van der Waals surface area contributed by atoms with Crippen LogP contribution in [0.25, 0.3) is 10.8 Å². The summed E-state index contributed by atoms with van der Waals surface area (Å²) >= 11 is 0. The quantitative estimate of drug-likeness (QED) is 0.689. The molecule has 0 unspecified atom stereocenters. The van der Waals surface area contributed by atoms with Gasteiger partial charge in [-0.1, -0.05) is 29.4 Å². The molecule has 7 heteroatoms. The third kappa shape index (κ3) is 5.13. The van der Waals surface area contributed by atoms with Crippen molar-refractivity contribution >= 4 is 28.5 Å². The normalized spacial score (nSPS) is 11.3. The molecule has 2 aromatic carbocycles. The Kier molecular flexibility index (Phi) is 5.59. The van der Waals surface area contributed by atoms with E-state index in [9.17, 15) is 9.59 Å². The lowest BCUT2D eigenvalue weighted by molar-refractivity contribution is 0.0636. The fraction of sp³-hybridized carbons (Fsp3) is 0.318. The smallest absolute Gasteiger partial charge is 0.412 e. The molecule has 0 atom stereocenters. The molecule has 3 rings (SSSR count). The minimum atomic E-state index is -0.646. The third-order valence-corrected chi connectivity index (χ3v) is 4.17. The average molecular weight is 395 g/mol. The second-order valence-corrected chi connectivity index (χ2v) is 7.96. The van der Waals surface area contributed by atoms with Gasteiger partial charge < -0.3 is 14.2 Å². The number of carbonyl (C=O) groups excluding carboxylic acids is 2. The Labute approximate surface area is 169 Å². The predicted octanol–water partition coefficient (Wildman–Crippen LogP) is 4.76. The van der Waals surface area contributed by atoms with Crippen LogP contribution in [0, 0.1) is 6.92 Å². The van der Waals surface area contributed by atoms with Gasteiger partial charge >= 0.3 is 6.09 Å². The van der Waals surface area contributed by atoms with Crippen LogP contribution in [-0.4, -0.2) is 34.7 Å². The van der Waals surface area contributed by atoms with E-state index in [2.05, 4.69) is 10.5 Å². The topological polar surface area (TPSA) is 84.7 Å². The van der Waals surface area contributed by atoms with Crippen molar-refractivity contribution in [3.8, 4) is 0 Å². The largest absolute Gasteiger partial charge is 0.444 e. The Morgan fingerprint density at radius 2 is 1.79 bits per heavy atom. The standard InChI is InChI=1S/C22H25N3O4/c1-14-10-17(24-29-14)13-25(5)20(26)18-11-15-8-6-7-9-16(15)12-19(18)23-21(27)28-22(2,3)4/h6-12H,13H2,1-5H3,(H,23,27). The van der Waals surface area contributed by atoms with Gasteiger partial charge in [0.2, 0.25) is 0 Å². The van der Waals surface area contributed by atoms with Crippen molar-refractivity contribution in [3.05, 3.63) is 59.5 Å². The van der Waals surface area contributed by atoms with Crippen molar-refractivity contribution in [3.63, 3.8) is 0 Å². The molecule has 0 bridgehead atoms. The van der Waals surface area contributed by atoms with Gasteiger partial charge in [0, 0.05) is 13.1 Å². The number of benzene rings is 2. The van der Waals surface area contributed by atoms with Crippen LogP contribution in [0.5, 0.6) is 0 Å². The molecule has 0 fully saturated rings. The minimum Gasteiger partial charge on any atom is -0.444 e. The number of aromatic nitrogens is 1. The average Bonchev–Trinajstić information content (AvgIpc) is 3.03. The minimum absolute atomic E-state index is 0.248. The lowest BCUT2D eigenvalue weighted by Crippen LogP contribution is -2.30. The number of nitrogens with one attached hydrogen (secondary N) is 1. The maximum atomic E-state index is 13.2. The number of fused-ring (bicyclic) bond motifs is 1. The molecule has 0 saturated carbocycles. The van der Waals surface area contributed by atoms with E-state index in [1.807, 2.05) is 24.3 Å². The molecular weight excluding hydrogens is 370 g/mol. The first-order valence-corrected chi connectivity index (χ1v) is 9.33. The Morgan fingerprint density at radius 1 is 1.14 bits per heavy atom. The predicted molar refractivity (Wildman–Crippen MR) is 111 cm³/mol. The van der Waals surface area contributed by atoms with Gasteiger partial charge in [-0.05, 0) is 50.6 Å². The number of nitrogens with zero attached hydrogens (tertiary/aromatic N) is 2. The summed E-state index contributed by atoms with van der Waals surface area (Å²) in [4.78, 5) is 27.0. The molecule has 7 nitrogen and oxygen atoms in total. The van der Waals surface area contributed by atoms with E-state index in [4.69, 9.17) is 9.26 Å². The fourth-order valence-electron chi connectivity index (χ4n) is 2.95. The van der Waals surface area contributed by atoms with E-state index in [1.165, 1.54) is 4.90 Å². The second-order valence-electron chi connectivity index (χ2n) is 7.96. The molecule has 1 aromatic heterocycles. The molecule has 29 heavy (non-hydrogen) atoms. The summed E-state index contributed by atoms with van der Waals surface area (Å²) in [6.45, 7) is 7.44. The number of amides is 2. The molecule has 0 spiro atoms. The van der Waals surface area contributed by atoms with Crippen LogP contribution in [0.1, 0.15) is 42.6 Å². The maximum Gasteiger partial charge on any atom is 0.412 e. The maximum absolute atomic E-state index is 13.2. The van der Waals surface area contributed by atoms with Gasteiger partial charge in [0.25, 0.3) is 5.91 Å². The van der Waals surface area contributed by atoms with Crippen LogP contribution in [0.4, 0.5) is 10.5 Å². The molecule has 1 N–H and O–H groups in total. The summed E-state index contributed by atoms with van der Waals surface area (Å²) in [7, 11) is 1.68. The van der Waals surface area contributed by atoms with E-state index < -0.39 is 11.7 Å². The van der Waals surface area contributed by atoms with Crippen molar-refractivity contribution < 1.29 is 18.8 Å². The van der Waals surface area contributed by atoms with Gasteiger partial charge in [-0.3, -0.25) is 10.1 Å². The monoisotopic (exact) mass is 395 g/mol. The van der Waals surface area contributed by atoms with Crippen molar-refractivity contribution in [1.82, 2.24) is 10.1 Å². The molecule has 0 saturated heterocycles. The summed E-state index contributed by atoms with van der Waals surface area (Å²) in [5.41, 5.74) is 0.774. The van der Waals surface area contributed by atoms with Crippen molar-refractivity contribution in [1.29, 1.82) is 0 Å². The third-order valence-electron chi connectivity index (χ3n) is 4.17. The molecule has 0 aliphatic heterocycles. The van der Waals surface area contributed by atoms with Gasteiger partial charge in [-0.15, -0.1) is 0 Å². The number of ether oxygens (including phenoxy) is 1. The van der Waals surface area contributed by atoms with Gasteiger partial charge in [0.1, 0.15) is 17.1 Å². The van der Waals surface area contributed by atoms with E-state index in [0.717, 1.165) is 10.8 Å². The van der Waals surface area contributed by atoms with Crippen LogP contribution in [0.2, 0.25) is 0 Å². The van der Waals surface area contributed by atoms with Gasteiger partial charge in [-0.2, -0.15) is 0 Å². The molecule has 152 valence electrons. The number of rotatable bonds is 4. The Bertz CT molecular complexity index is 1050. The van der Waals surface area contributed by atoms with Gasteiger partial charge in [-0.25, -0.2) is 4.79 Å². The zero-order valence-corrected chi connectivity index (χ0v) is 17.3. The summed E-state index contributed by atoms with van der Waals surface area (Å²) in [6, 6.07) is 13.0. The van der Waals surface area contributed by atoms with E-state index >= 15 is 0 Å². The second kappa shape index (κ2) is 7.95. The van der Waals surface area contributed by atoms with Crippen molar-refractivity contribution in [2.75, 3.05) is 12.4 Å². The molecular formula is C22H25N3O4. The van der Waals surface area contributed by atoms with Crippen molar-refractivity contribution in [2.24, 2.45) is 0 Å². The molecule has 3 aromatic rings. The number of aryl methyl sites for hydroxylation is 1.